The van der Waals surface area contributed by atoms with Crippen molar-refractivity contribution < 1.29 is 19.1 Å². The molecule has 0 fully saturated rings. The second-order valence-corrected chi connectivity index (χ2v) is 2.78. The van der Waals surface area contributed by atoms with Crippen LogP contribution in [0.3, 0.4) is 0 Å². The Hall–Kier alpha value is -1.46. The molecule has 0 aliphatic carbocycles. The molecule has 3 N–H and O–H groups in total. The molecule has 0 heterocycles. The summed E-state index contributed by atoms with van der Waals surface area (Å²) >= 11 is 0. The first-order valence-electron chi connectivity index (χ1n) is 3.96. The van der Waals surface area contributed by atoms with E-state index in [1.807, 2.05) is 0 Å². The lowest BCUT2D eigenvalue weighted by molar-refractivity contribution is -0.140. The molecule has 0 saturated carbocycles. The first kappa shape index (κ1) is 10.6. The highest BCUT2D eigenvalue weighted by Crippen LogP contribution is 2.19. The molecule has 1 aromatic rings. The Bertz CT molecular complexity index is 330. The molecule has 0 amide bonds. The van der Waals surface area contributed by atoms with Gasteiger partial charge in [-0.25, -0.2) is 10.3 Å². The van der Waals surface area contributed by atoms with Gasteiger partial charge in [-0.15, -0.1) is 0 Å². The van der Waals surface area contributed by atoms with Crippen LogP contribution in [0.15, 0.2) is 24.3 Å². The van der Waals surface area contributed by atoms with Gasteiger partial charge in [0, 0.05) is 0 Å². The van der Waals surface area contributed by atoms with Crippen LogP contribution >= 0.6 is 0 Å². The molecular formula is C9H10FNO3. The van der Waals surface area contributed by atoms with E-state index < -0.39 is 17.9 Å². The minimum Gasteiger partial charge on any atom is -0.481 e. The fourth-order valence-electron chi connectivity index (χ4n) is 1.11. The molecule has 1 unspecified atom stereocenters. The van der Waals surface area contributed by atoms with Crippen LogP contribution in [0.2, 0.25) is 0 Å². The normalized spacial score (nSPS) is 12.4. The number of rotatable bonds is 4. The SMILES string of the molecule is NOC(CC(=O)O)c1cccc(F)c1. The number of benzene rings is 1. The van der Waals surface area contributed by atoms with Crippen LogP contribution in [-0.2, 0) is 9.63 Å². The van der Waals surface area contributed by atoms with Gasteiger partial charge in [0.15, 0.2) is 0 Å². The Balaban J connectivity index is 2.83. The molecule has 0 bridgehead atoms. The Morgan fingerprint density at radius 1 is 1.64 bits per heavy atom. The Labute approximate surface area is 80.1 Å². The van der Waals surface area contributed by atoms with E-state index in [-0.39, 0.29) is 6.42 Å². The van der Waals surface area contributed by atoms with Gasteiger partial charge < -0.3 is 5.11 Å². The van der Waals surface area contributed by atoms with Crippen molar-refractivity contribution in [2.75, 3.05) is 0 Å². The summed E-state index contributed by atoms with van der Waals surface area (Å²) in [5.41, 5.74) is 0.412. The topological polar surface area (TPSA) is 72.5 Å². The molecule has 76 valence electrons. The number of carboxylic acid groups (broad SMARTS) is 1. The first-order chi connectivity index (χ1) is 6.63. The third kappa shape index (κ3) is 2.79. The number of nitrogens with two attached hydrogens (primary N) is 1. The highest BCUT2D eigenvalue weighted by Gasteiger charge is 2.15. The van der Waals surface area contributed by atoms with Crippen LogP contribution in [0.1, 0.15) is 18.1 Å². The number of aliphatic carboxylic acids is 1. The molecule has 1 aromatic carbocycles. The standard InChI is InChI=1S/C9H10FNO3/c10-7-3-1-2-6(4-7)8(14-11)5-9(12)13/h1-4,8H,5,11H2,(H,12,13). The molecule has 0 aliphatic heterocycles. The highest BCUT2D eigenvalue weighted by molar-refractivity contribution is 5.67. The van der Waals surface area contributed by atoms with E-state index in [0.717, 1.165) is 0 Å². The van der Waals surface area contributed by atoms with Gasteiger partial charge in [-0.2, -0.15) is 0 Å². The quantitative estimate of drug-likeness (QED) is 0.715. The van der Waals surface area contributed by atoms with Crippen LogP contribution in [0, 0.1) is 5.82 Å². The maximum atomic E-state index is 12.8. The zero-order chi connectivity index (χ0) is 10.6. The highest BCUT2D eigenvalue weighted by atomic mass is 19.1. The average molecular weight is 199 g/mol. The van der Waals surface area contributed by atoms with Crippen LogP contribution in [0.5, 0.6) is 0 Å². The molecule has 0 saturated heterocycles. The van der Waals surface area contributed by atoms with Gasteiger partial charge in [0.2, 0.25) is 0 Å². The van der Waals surface area contributed by atoms with Crippen molar-refractivity contribution in [1.29, 1.82) is 0 Å². The third-order valence-corrected chi connectivity index (χ3v) is 1.74. The first-order valence-corrected chi connectivity index (χ1v) is 3.96. The Morgan fingerprint density at radius 2 is 2.36 bits per heavy atom. The lowest BCUT2D eigenvalue weighted by Gasteiger charge is -2.11. The summed E-state index contributed by atoms with van der Waals surface area (Å²) in [5.74, 6) is 3.42. The van der Waals surface area contributed by atoms with E-state index in [2.05, 4.69) is 4.84 Å². The molecule has 5 heteroatoms. The van der Waals surface area contributed by atoms with E-state index in [9.17, 15) is 9.18 Å². The van der Waals surface area contributed by atoms with E-state index in [1.165, 1.54) is 18.2 Å². The number of halogens is 1. The predicted molar refractivity (Wildman–Crippen MR) is 46.7 cm³/mol. The van der Waals surface area contributed by atoms with Crippen molar-refractivity contribution >= 4 is 5.97 Å². The van der Waals surface area contributed by atoms with Gasteiger partial charge in [0.25, 0.3) is 0 Å². The van der Waals surface area contributed by atoms with Crippen molar-refractivity contribution in [3.63, 3.8) is 0 Å². The average Bonchev–Trinajstić information content (AvgIpc) is 2.14. The van der Waals surface area contributed by atoms with Gasteiger partial charge in [-0.05, 0) is 17.7 Å². The number of carbonyl (C=O) groups is 1. The second-order valence-electron chi connectivity index (χ2n) is 2.78. The van der Waals surface area contributed by atoms with E-state index >= 15 is 0 Å². The van der Waals surface area contributed by atoms with E-state index in [4.69, 9.17) is 11.0 Å². The molecule has 0 aromatic heterocycles. The fourth-order valence-corrected chi connectivity index (χ4v) is 1.11. The van der Waals surface area contributed by atoms with Gasteiger partial charge in [0.05, 0.1) is 6.42 Å². The second kappa shape index (κ2) is 4.69. The van der Waals surface area contributed by atoms with Crippen molar-refractivity contribution in [1.82, 2.24) is 0 Å². The lowest BCUT2D eigenvalue weighted by atomic mass is 10.1. The molecule has 4 nitrogen and oxygen atoms in total. The van der Waals surface area contributed by atoms with Crippen LogP contribution in [0.4, 0.5) is 4.39 Å². The zero-order valence-corrected chi connectivity index (χ0v) is 7.31. The summed E-state index contributed by atoms with van der Waals surface area (Å²) < 4.78 is 12.8. The van der Waals surface area contributed by atoms with Crippen LogP contribution < -0.4 is 5.90 Å². The number of hydrogen-bond acceptors (Lipinski definition) is 3. The Kier molecular flexibility index (Phi) is 3.55. The predicted octanol–water partition coefficient (Wildman–Crippen LogP) is 1.23. The molecule has 0 aliphatic rings. The third-order valence-electron chi connectivity index (χ3n) is 1.74. The lowest BCUT2D eigenvalue weighted by Crippen LogP contribution is -2.13. The summed E-state index contributed by atoms with van der Waals surface area (Å²) in [6, 6.07) is 5.49. The summed E-state index contributed by atoms with van der Waals surface area (Å²) in [5, 5.41) is 8.52. The van der Waals surface area contributed by atoms with Crippen molar-refractivity contribution in [2.24, 2.45) is 5.90 Å². The molecular weight excluding hydrogens is 189 g/mol. The Morgan fingerprint density at radius 3 is 2.86 bits per heavy atom. The smallest absolute Gasteiger partial charge is 0.306 e. The van der Waals surface area contributed by atoms with Gasteiger partial charge in [0.1, 0.15) is 11.9 Å². The number of carboxylic acids is 1. The van der Waals surface area contributed by atoms with Crippen molar-refractivity contribution in [3.8, 4) is 0 Å². The monoisotopic (exact) mass is 199 g/mol. The summed E-state index contributed by atoms with van der Waals surface area (Å²) in [4.78, 5) is 14.9. The van der Waals surface area contributed by atoms with E-state index in [0.29, 0.717) is 5.56 Å². The van der Waals surface area contributed by atoms with Gasteiger partial charge in [-0.1, -0.05) is 12.1 Å². The molecule has 0 radical (unpaired) electrons. The van der Waals surface area contributed by atoms with Crippen LogP contribution in [-0.4, -0.2) is 11.1 Å². The molecule has 1 atom stereocenters. The molecule has 14 heavy (non-hydrogen) atoms. The maximum absolute atomic E-state index is 12.8. The summed E-state index contributed by atoms with van der Waals surface area (Å²) in [6.07, 6.45) is -1.11. The minimum atomic E-state index is -1.05. The fraction of sp³-hybridized carbons (Fsp3) is 0.222. The van der Waals surface area contributed by atoms with Crippen molar-refractivity contribution in [3.05, 3.63) is 35.6 Å². The minimum absolute atomic E-state index is 0.292. The van der Waals surface area contributed by atoms with Crippen LogP contribution in [0.25, 0.3) is 0 Å². The van der Waals surface area contributed by atoms with Gasteiger partial charge in [-0.3, -0.25) is 9.63 Å². The zero-order valence-electron chi connectivity index (χ0n) is 7.31. The largest absolute Gasteiger partial charge is 0.481 e. The maximum Gasteiger partial charge on any atom is 0.306 e. The summed E-state index contributed by atoms with van der Waals surface area (Å²) in [6.45, 7) is 0. The molecule has 1 rings (SSSR count). The molecule has 0 spiro atoms. The number of hydrogen-bond donors (Lipinski definition) is 2. The van der Waals surface area contributed by atoms with Crippen molar-refractivity contribution in [2.45, 2.75) is 12.5 Å². The summed E-state index contributed by atoms with van der Waals surface area (Å²) in [7, 11) is 0. The van der Waals surface area contributed by atoms with Gasteiger partial charge >= 0.3 is 5.97 Å². The van der Waals surface area contributed by atoms with E-state index in [1.54, 1.807) is 6.07 Å².